The minimum Gasteiger partial charge on any atom is -0.321 e. The first-order chi connectivity index (χ1) is 9.09. The van der Waals surface area contributed by atoms with Crippen LogP contribution in [0.3, 0.4) is 0 Å². The fourth-order valence-corrected chi connectivity index (χ4v) is 1.88. The molecular formula is C12H13ClN4O2. The summed E-state index contributed by atoms with van der Waals surface area (Å²) in [7, 11) is 1.82. The number of nitro benzene ring substituents is 1. The number of aromatic nitrogens is 2. The second kappa shape index (κ2) is 5.81. The summed E-state index contributed by atoms with van der Waals surface area (Å²) in [5.74, 6) is 0.781. The summed E-state index contributed by atoms with van der Waals surface area (Å²) in [5.41, 5.74) is 0.765. The van der Waals surface area contributed by atoms with Crippen molar-refractivity contribution in [2.75, 3.05) is 0 Å². The average molecular weight is 281 g/mol. The smallest absolute Gasteiger partial charge is 0.273 e. The minimum atomic E-state index is -0.380. The number of hydrogen-bond donors (Lipinski definition) is 1. The molecule has 0 aliphatic rings. The van der Waals surface area contributed by atoms with Crippen LogP contribution in [0.1, 0.15) is 11.4 Å². The number of para-hydroxylation sites is 1. The van der Waals surface area contributed by atoms with Crippen molar-refractivity contribution in [1.29, 1.82) is 0 Å². The largest absolute Gasteiger partial charge is 0.321 e. The summed E-state index contributed by atoms with van der Waals surface area (Å²) < 4.78 is 1.76. The van der Waals surface area contributed by atoms with E-state index >= 15 is 0 Å². The second-order valence-corrected chi connectivity index (χ2v) is 4.43. The molecule has 0 saturated heterocycles. The van der Waals surface area contributed by atoms with Gasteiger partial charge >= 0.3 is 0 Å². The summed E-state index contributed by atoms with van der Waals surface area (Å²) >= 11 is 5.88. The summed E-state index contributed by atoms with van der Waals surface area (Å²) in [6.45, 7) is 0.900. The van der Waals surface area contributed by atoms with Gasteiger partial charge in [-0.2, -0.15) is 0 Å². The molecule has 0 aliphatic heterocycles. The topological polar surface area (TPSA) is 73.0 Å². The van der Waals surface area contributed by atoms with Crippen LogP contribution in [0.2, 0.25) is 5.15 Å². The molecule has 0 saturated carbocycles. The van der Waals surface area contributed by atoms with E-state index in [2.05, 4.69) is 10.3 Å². The van der Waals surface area contributed by atoms with Crippen LogP contribution < -0.4 is 5.32 Å². The Morgan fingerprint density at radius 2 is 2.16 bits per heavy atom. The van der Waals surface area contributed by atoms with Gasteiger partial charge in [0, 0.05) is 25.2 Å². The maximum absolute atomic E-state index is 10.9. The molecule has 0 aliphatic carbocycles. The molecule has 0 fully saturated rings. The van der Waals surface area contributed by atoms with Crippen LogP contribution in [-0.2, 0) is 20.1 Å². The van der Waals surface area contributed by atoms with Crippen LogP contribution in [0, 0.1) is 10.1 Å². The lowest BCUT2D eigenvalue weighted by Crippen LogP contribution is -2.16. The molecule has 0 bridgehead atoms. The zero-order chi connectivity index (χ0) is 13.8. The maximum Gasteiger partial charge on any atom is 0.273 e. The lowest BCUT2D eigenvalue weighted by atomic mass is 10.2. The Balaban J connectivity index is 2.00. The number of rotatable bonds is 5. The zero-order valence-corrected chi connectivity index (χ0v) is 11.1. The summed E-state index contributed by atoms with van der Waals surface area (Å²) in [4.78, 5) is 14.6. The number of benzene rings is 1. The summed E-state index contributed by atoms with van der Waals surface area (Å²) in [6, 6.07) is 6.66. The van der Waals surface area contributed by atoms with Gasteiger partial charge in [0.15, 0.2) is 0 Å². The van der Waals surface area contributed by atoms with E-state index in [4.69, 9.17) is 11.6 Å². The van der Waals surface area contributed by atoms with Crippen molar-refractivity contribution in [3.63, 3.8) is 0 Å². The van der Waals surface area contributed by atoms with Gasteiger partial charge in [-0.05, 0) is 0 Å². The summed E-state index contributed by atoms with van der Waals surface area (Å²) in [5, 5.41) is 14.5. The molecule has 6 nitrogen and oxygen atoms in total. The molecule has 2 aromatic rings. The van der Waals surface area contributed by atoms with Crippen molar-refractivity contribution >= 4 is 17.3 Å². The Hall–Kier alpha value is -1.92. The first-order valence-electron chi connectivity index (χ1n) is 5.68. The van der Waals surface area contributed by atoms with Gasteiger partial charge in [-0.1, -0.05) is 29.8 Å². The molecular weight excluding hydrogens is 268 g/mol. The predicted octanol–water partition coefficient (Wildman–Crippen LogP) is 2.27. The van der Waals surface area contributed by atoms with Crippen LogP contribution in [0.25, 0.3) is 0 Å². The average Bonchev–Trinajstić information content (AvgIpc) is 2.71. The van der Waals surface area contributed by atoms with E-state index in [9.17, 15) is 10.1 Å². The Labute approximate surface area is 115 Å². The highest BCUT2D eigenvalue weighted by molar-refractivity contribution is 6.29. The molecule has 1 aromatic carbocycles. The normalized spacial score (nSPS) is 10.6. The van der Waals surface area contributed by atoms with Gasteiger partial charge in [0.2, 0.25) is 0 Å². The zero-order valence-electron chi connectivity index (χ0n) is 10.3. The van der Waals surface area contributed by atoms with Gasteiger partial charge < -0.3 is 9.88 Å². The van der Waals surface area contributed by atoms with Crippen molar-refractivity contribution in [2.45, 2.75) is 13.1 Å². The standard InChI is InChI=1S/C12H13ClN4O2/c1-16-11(13)7-15-12(16)8-14-6-9-4-2-3-5-10(9)17(18)19/h2-5,7,14H,6,8H2,1H3. The molecule has 1 heterocycles. The molecule has 0 atom stereocenters. The third-order valence-electron chi connectivity index (χ3n) is 2.81. The fourth-order valence-electron chi connectivity index (χ4n) is 1.74. The number of nitrogens with one attached hydrogen (secondary N) is 1. The van der Waals surface area contributed by atoms with E-state index < -0.39 is 0 Å². The molecule has 0 amide bonds. The van der Waals surface area contributed by atoms with Crippen molar-refractivity contribution in [3.05, 3.63) is 57.1 Å². The van der Waals surface area contributed by atoms with Crippen molar-refractivity contribution in [3.8, 4) is 0 Å². The lowest BCUT2D eigenvalue weighted by molar-refractivity contribution is -0.385. The van der Waals surface area contributed by atoms with Crippen molar-refractivity contribution in [2.24, 2.45) is 7.05 Å². The Bertz CT molecular complexity index is 597. The predicted molar refractivity (Wildman–Crippen MR) is 71.9 cm³/mol. The fraction of sp³-hybridized carbons (Fsp3) is 0.250. The number of imidazole rings is 1. The number of hydrogen-bond acceptors (Lipinski definition) is 4. The van der Waals surface area contributed by atoms with Crippen molar-refractivity contribution < 1.29 is 4.92 Å². The Morgan fingerprint density at radius 3 is 2.79 bits per heavy atom. The SMILES string of the molecule is Cn1c(Cl)cnc1CNCc1ccccc1[N+](=O)[O-]. The van der Waals surface area contributed by atoms with Crippen LogP contribution in [-0.4, -0.2) is 14.5 Å². The van der Waals surface area contributed by atoms with Gasteiger partial charge in [0.05, 0.1) is 17.7 Å². The first-order valence-corrected chi connectivity index (χ1v) is 6.06. The third kappa shape index (κ3) is 3.10. The van der Waals surface area contributed by atoms with Crippen LogP contribution in [0.5, 0.6) is 0 Å². The Kier molecular flexibility index (Phi) is 4.13. The number of nitrogens with zero attached hydrogens (tertiary/aromatic N) is 3. The molecule has 0 radical (unpaired) electrons. The van der Waals surface area contributed by atoms with E-state index in [0.29, 0.717) is 23.8 Å². The van der Waals surface area contributed by atoms with Gasteiger partial charge in [0.1, 0.15) is 11.0 Å². The molecule has 19 heavy (non-hydrogen) atoms. The first kappa shape index (κ1) is 13.5. The van der Waals surface area contributed by atoms with E-state index in [1.165, 1.54) is 6.07 Å². The highest BCUT2D eigenvalue weighted by Gasteiger charge is 2.12. The van der Waals surface area contributed by atoms with E-state index in [1.54, 1.807) is 29.0 Å². The maximum atomic E-state index is 10.9. The number of halogens is 1. The summed E-state index contributed by atoms with van der Waals surface area (Å²) in [6.07, 6.45) is 1.57. The molecule has 2 rings (SSSR count). The van der Waals surface area contributed by atoms with E-state index in [0.717, 1.165) is 5.82 Å². The Morgan fingerprint density at radius 1 is 1.42 bits per heavy atom. The molecule has 1 aromatic heterocycles. The van der Waals surface area contributed by atoms with E-state index in [-0.39, 0.29) is 10.6 Å². The van der Waals surface area contributed by atoms with Gasteiger partial charge in [-0.3, -0.25) is 10.1 Å². The second-order valence-electron chi connectivity index (χ2n) is 4.05. The van der Waals surface area contributed by atoms with Gasteiger partial charge in [-0.15, -0.1) is 0 Å². The quantitative estimate of drug-likeness (QED) is 0.673. The van der Waals surface area contributed by atoms with Gasteiger partial charge in [-0.25, -0.2) is 4.98 Å². The van der Waals surface area contributed by atoms with Crippen molar-refractivity contribution in [1.82, 2.24) is 14.9 Å². The third-order valence-corrected chi connectivity index (χ3v) is 3.17. The molecule has 0 unspecified atom stereocenters. The minimum absolute atomic E-state index is 0.118. The highest BCUT2D eigenvalue weighted by atomic mass is 35.5. The van der Waals surface area contributed by atoms with E-state index in [1.807, 2.05) is 7.05 Å². The molecule has 100 valence electrons. The molecule has 1 N–H and O–H groups in total. The number of nitro groups is 1. The van der Waals surface area contributed by atoms with Gasteiger partial charge in [0.25, 0.3) is 5.69 Å². The van der Waals surface area contributed by atoms with Crippen LogP contribution >= 0.6 is 11.6 Å². The van der Waals surface area contributed by atoms with Crippen LogP contribution in [0.15, 0.2) is 30.5 Å². The lowest BCUT2D eigenvalue weighted by Gasteiger charge is -2.06. The highest BCUT2D eigenvalue weighted by Crippen LogP contribution is 2.17. The molecule has 7 heteroatoms. The monoisotopic (exact) mass is 280 g/mol. The van der Waals surface area contributed by atoms with Crippen LogP contribution in [0.4, 0.5) is 5.69 Å². The molecule has 0 spiro atoms.